The Hall–Kier alpha value is -0.650. The molecule has 19 heavy (non-hydrogen) atoms. The molecule has 3 nitrogen and oxygen atoms in total. The highest BCUT2D eigenvalue weighted by Gasteiger charge is 2.21. The van der Waals surface area contributed by atoms with Gasteiger partial charge in [-0.15, -0.1) is 0 Å². The monoisotopic (exact) mass is 305 g/mol. The van der Waals surface area contributed by atoms with Crippen molar-refractivity contribution < 1.29 is 12.8 Å². The van der Waals surface area contributed by atoms with E-state index >= 15 is 0 Å². The highest BCUT2D eigenvalue weighted by Crippen LogP contribution is 2.27. The van der Waals surface area contributed by atoms with E-state index in [0.717, 1.165) is 31.5 Å². The van der Waals surface area contributed by atoms with Gasteiger partial charge < -0.3 is 0 Å². The van der Waals surface area contributed by atoms with Gasteiger partial charge in [-0.25, -0.2) is 12.8 Å². The van der Waals surface area contributed by atoms with Crippen molar-refractivity contribution >= 4 is 19.7 Å². The molecule has 1 fully saturated rings. The molecule has 1 aromatic rings. The fourth-order valence-electron chi connectivity index (χ4n) is 2.49. The van der Waals surface area contributed by atoms with Gasteiger partial charge in [0.2, 0.25) is 0 Å². The van der Waals surface area contributed by atoms with Gasteiger partial charge in [0.15, 0.2) is 0 Å². The maximum atomic E-state index is 13.8. The molecule has 2 rings (SSSR count). The van der Waals surface area contributed by atoms with Crippen LogP contribution in [-0.4, -0.2) is 26.4 Å². The van der Waals surface area contributed by atoms with Crippen LogP contribution in [0.5, 0.6) is 0 Å². The predicted octanol–water partition coefficient (Wildman–Crippen LogP) is 3.30. The molecule has 1 unspecified atom stereocenters. The van der Waals surface area contributed by atoms with Crippen LogP contribution in [0.25, 0.3) is 0 Å². The lowest BCUT2D eigenvalue weighted by Crippen LogP contribution is -2.32. The van der Waals surface area contributed by atoms with Crippen LogP contribution in [0.4, 0.5) is 4.39 Å². The summed E-state index contributed by atoms with van der Waals surface area (Å²) in [6, 6.07) is 4.24. The Morgan fingerprint density at radius 2 is 1.89 bits per heavy atom. The van der Waals surface area contributed by atoms with Crippen molar-refractivity contribution in [3.8, 4) is 0 Å². The molecule has 0 radical (unpaired) electrons. The second-order valence-electron chi connectivity index (χ2n) is 4.90. The van der Waals surface area contributed by atoms with Gasteiger partial charge in [-0.2, -0.15) is 0 Å². The minimum absolute atomic E-state index is 0.0851. The largest absolute Gasteiger partial charge is 0.297 e. The minimum Gasteiger partial charge on any atom is -0.297 e. The molecule has 1 aromatic carbocycles. The molecule has 6 heteroatoms. The van der Waals surface area contributed by atoms with Crippen LogP contribution in [0, 0.1) is 5.82 Å². The van der Waals surface area contributed by atoms with Crippen LogP contribution in [0.15, 0.2) is 23.1 Å². The van der Waals surface area contributed by atoms with Crippen LogP contribution < -0.4 is 0 Å². The first-order chi connectivity index (χ1) is 8.89. The number of piperidine rings is 1. The third-order valence-corrected chi connectivity index (χ3v) is 4.99. The summed E-state index contributed by atoms with van der Waals surface area (Å²) in [6.45, 7) is 4.01. The van der Waals surface area contributed by atoms with Crippen molar-refractivity contribution in [2.24, 2.45) is 0 Å². The maximum Gasteiger partial charge on any atom is 0.264 e. The lowest BCUT2D eigenvalue weighted by atomic mass is 10.0. The van der Waals surface area contributed by atoms with Crippen molar-refractivity contribution in [1.29, 1.82) is 0 Å². The smallest absolute Gasteiger partial charge is 0.264 e. The normalized spacial score (nSPS) is 19.3. The molecule has 1 heterocycles. The lowest BCUT2D eigenvalue weighted by Gasteiger charge is -2.32. The summed E-state index contributed by atoms with van der Waals surface area (Å²) < 4.78 is 36.1. The first kappa shape index (κ1) is 14.8. The van der Waals surface area contributed by atoms with Gasteiger partial charge in [-0.05, 0) is 50.6 Å². The van der Waals surface area contributed by atoms with E-state index in [1.54, 1.807) is 6.07 Å². The SMILES string of the molecule is CC(c1ccc(S(=O)(=O)Cl)c(F)c1)N1CCCCC1. The zero-order chi connectivity index (χ0) is 14.0. The molecule has 0 spiro atoms. The fraction of sp³-hybridized carbons (Fsp3) is 0.538. The number of likely N-dealkylation sites (tertiary alicyclic amines) is 1. The molecule has 1 atom stereocenters. The molecule has 1 aliphatic rings. The maximum absolute atomic E-state index is 13.8. The van der Waals surface area contributed by atoms with Crippen LogP contribution in [-0.2, 0) is 9.05 Å². The average molecular weight is 306 g/mol. The van der Waals surface area contributed by atoms with E-state index in [9.17, 15) is 12.8 Å². The van der Waals surface area contributed by atoms with Crippen molar-refractivity contribution in [1.82, 2.24) is 4.90 Å². The Kier molecular flexibility index (Phi) is 4.48. The second-order valence-corrected chi connectivity index (χ2v) is 7.43. The molecular weight excluding hydrogens is 289 g/mol. The number of halogens is 2. The molecule has 0 saturated carbocycles. The average Bonchev–Trinajstić information content (AvgIpc) is 2.37. The Morgan fingerprint density at radius 3 is 2.42 bits per heavy atom. The molecule has 0 amide bonds. The number of benzene rings is 1. The Balaban J connectivity index is 2.24. The van der Waals surface area contributed by atoms with Crippen LogP contribution in [0.1, 0.15) is 37.8 Å². The minimum atomic E-state index is -4.02. The van der Waals surface area contributed by atoms with Gasteiger partial charge in [-0.1, -0.05) is 12.5 Å². The third kappa shape index (κ3) is 3.46. The van der Waals surface area contributed by atoms with E-state index in [4.69, 9.17) is 10.7 Å². The number of nitrogens with zero attached hydrogens (tertiary/aromatic N) is 1. The molecule has 1 saturated heterocycles. The standard InChI is InChI=1S/C13H17ClFNO2S/c1-10(16-7-3-2-4-8-16)11-5-6-13(12(15)9-11)19(14,17)18/h5-6,9-10H,2-4,7-8H2,1H3. The summed E-state index contributed by atoms with van der Waals surface area (Å²) in [5.41, 5.74) is 0.781. The molecule has 0 N–H and O–H groups in total. The quantitative estimate of drug-likeness (QED) is 0.804. The number of hydrogen-bond donors (Lipinski definition) is 0. The van der Waals surface area contributed by atoms with E-state index in [1.165, 1.54) is 18.6 Å². The third-order valence-electron chi connectivity index (χ3n) is 3.64. The fourth-order valence-corrected chi connectivity index (χ4v) is 3.39. The Bertz CT molecular complexity index is 556. The molecular formula is C13H17ClFNO2S. The zero-order valence-corrected chi connectivity index (χ0v) is 12.3. The summed E-state index contributed by atoms with van der Waals surface area (Å²) >= 11 is 0. The van der Waals surface area contributed by atoms with Crippen LogP contribution >= 0.6 is 10.7 Å². The van der Waals surface area contributed by atoms with Gasteiger partial charge in [0, 0.05) is 16.7 Å². The van der Waals surface area contributed by atoms with Crippen LogP contribution in [0.2, 0.25) is 0 Å². The molecule has 0 aliphatic carbocycles. The Morgan fingerprint density at radius 1 is 1.26 bits per heavy atom. The van der Waals surface area contributed by atoms with Crippen LogP contribution in [0.3, 0.4) is 0 Å². The van der Waals surface area contributed by atoms with Crippen molar-refractivity contribution in [2.75, 3.05) is 13.1 Å². The summed E-state index contributed by atoms with van der Waals surface area (Å²) in [4.78, 5) is 1.83. The van der Waals surface area contributed by atoms with Crippen molar-refractivity contribution in [3.63, 3.8) is 0 Å². The number of hydrogen-bond acceptors (Lipinski definition) is 3. The van der Waals surface area contributed by atoms with E-state index < -0.39 is 19.8 Å². The van der Waals surface area contributed by atoms with Crippen molar-refractivity contribution in [3.05, 3.63) is 29.6 Å². The van der Waals surface area contributed by atoms with E-state index in [2.05, 4.69) is 4.90 Å². The van der Waals surface area contributed by atoms with Crippen molar-refractivity contribution in [2.45, 2.75) is 37.1 Å². The van der Waals surface area contributed by atoms with E-state index in [-0.39, 0.29) is 6.04 Å². The zero-order valence-electron chi connectivity index (χ0n) is 10.8. The molecule has 0 aromatic heterocycles. The summed E-state index contributed by atoms with van der Waals surface area (Å²) in [7, 11) is 1.15. The van der Waals surface area contributed by atoms with Gasteiger partial charge in [-0.3, -0.25) is 4.90 Å². The van der Waals surface area contributed by atoms with E-state index in [1.807, 2.05) is 6.92 Å². The van der Waals surface area contributed by atoms with Gasteiger partial charge >= 0.3 is 0 Å². The molecule has 1 aliphatic heterocycles. The summed E-state index contributed by atoms with van der Waals surface area (Å²) in [5, 5.41) is 0. The Labute approximate surface area is 117 Å². The first-order valence-electron chi connectivity index (χ1n) is 6.38. The topological polar surface area (TPSA) is 37.4 Å². The highest BCUT2D eigenvalue weighted by molar-refractivity contribution is 8.13. The molecule has 0 bridgehead atoms. The van der Waals surface area contributed by atoms with E-state index in [0.29, 0.717) is 0 Å². The first-order valence-corrected chi connectivity index (χ1v) is 8.68. The second kappa shape index (κ2) is 5.77. The van der Waals surface area contributed by atoms with Gasteiger partial charge in [0.25, 0.3) is 9.05 Å². The van der Waals surface area contributed by atoms with Gasteiger partial charge in [0.05, 0.1) is 0 Å². The predicted molar refractivity (Wildman–Crippen MR) is 73.3 cm³/mol. The highest BCUT2D eigenvalue weighted by atomic mass is 35.7. The molecule has 106 valence electrons. The number of rotatable bonds is 3. The summed E-state index contributed by atoms with van der Waals surface area (Å²) in [5.74, 6) is -0.781. The summed E-state index contributed by atoms with van der Waals surface area (Å²) in [6.07, 6.45) is 3.54. The van der Waals surface area contributed by atoms with Gasteiger partial charge in [0.1, 0.15) is 10.7 Å². The lowest BCUT2D eigenvalue weighted by molar-refractivity contribution is 0.174.